The number of hydrazone groups is 1. The first-order valence-corrected chi connectivity index (χ1v) is 4.37. The van der Waals surface area contributed by atoms with Crippen molar-refractivity contribution in [3.63, 3.8) is 0 Å². The molecule has 1 rings (SSSR count). The van der Waals surface area contributed by atoms with Crippen LogP contribution in [0.3, 0.4) is 0 Å². The SMILES string of the molecule is N/N=C(\NN)C1=CC=C(B(O)O)CC=C1. The third-order valence-electron chi connectivity index (χ3n) is 2.00. The Labute approximate surface area is 87.8 Å². The van der Waals surface area contributed by atoms with Gasteiger partial charge in [0.2, 0.25) is 0 Å². The monoisotopic (exact) mass is 208 g/mol. The third kappa shape index (κ3) is 2.95. The molecular weight excluding hydrogens is 195 g/mol. The van der Waals surface area contributed by atoms with Crippen LogP contribution < -0.4 is 17.1 Å². The lowest BCUT2D eigenvalue weighted by Crippen LogP contribution is -2.32. The van der Waals surface area contributed by atoms with Gasteiger partial charge >= 0.3 is 7.12 Å². The zero-order valence-corrected chi connectivity index (χ0v) is 8.09. The van der Waals surface area contributed by atoms with Crippen molar-refractivity contribution in [2.75, 3.05) is 0 Å². The predicted molar refractivity (Wildman–Crippen MR) is 59.1 cm³/mol. The number of allylic oxidation sites excluding steroid dienone is 4. The molecule has 0 heterocycles. The van der Waals surface area contributed by atoms with Gasteiger partial charge in [-0.3, -0.25) is 0 Å². The van der Waals surface area contributed by atoms with Crippen LogP contribution in [-0.4, -0.2) is 23.0 Å². The van der Waals surface area contributed by atoms with E-state index in [-0.39, 0.29) is 0 Å². The van der Waals surface area contributed by atoms with E-state index in [1.165, 1.54) is 0 Å². The lowest BCUT2D eigenvalue weighted by molar-refractivity contribution is 0.418. The van der Waals surface area contributed by atoms with Crippen molar-refractivity contribution in [3.8, 4) is 0 Å². The summed E-state index contributed by atoms with van der Waals surface area (Å²) >= 11 is 0. The third-order valence-corrected chi connectivity index (χ3v) is 2.00. The van der Waals surface area contributed by atoms with Gasteiger partial charge in [-0.1, -0.05) is 24.3 Å². The van der Waals surface area contributed by atoms with Crippen LogP contribution in [0, 0.1) is 0 Å². The van der Waals surface area contributed by atoms with Crippen LogP contribution in [-0.2, 0) is 0 Å². The van der Waals surface area contributed by atoms with Crippen LogP contribution in [0.4, 0.5) is 0 Å². The Morgan fingerprint density at radius 1 is 1.47 bits per heavy atom. The van der Waals surface area contributed by atoms with Gasteiger partial charge in [-0.05, 0) is 11.9 Å². The summed E-state index contributed by atoms with van der Waals surface area (Å²) in [7, 11) is -1.45. The summed E-state index contributed by atoms with van der Waals surface area (Å²) in [6.07, 6.45) is 7.23. The summed E-state index contributed by atoms with van der Waals surface area (Å²) in [6.45, 7) is 0. The van der Waals surface area contributed by atoms with Gasteiger partial charge in [0.1, 0.15) is 0 Å². The maximum atomic E-state index is 8.97. The van der Waals surface area contributed by atoms with Crippen LogP contribution in [0.1, 0.15) is 6.42 Å². The van der Waals surface area contributed by atoms with Gasteiger partial charge in [0.25, 0.3) is 0 Å². The summed E-state index contributed by atoms with van der Waals surface area (Å²) in [4.78, 5) is 0. The molecule has 0 amide bonds. The first-order valence-electron chi connectivity index (χ1n) is 4.37. The van der Waals surface area contributed by atoms with E-state index < -0.39 is 7.12 Å². The van der Waals surface area contributed by atoms with Gasteiger partial charge in [-0.15, -0.1) is 0 Å². The molecule has 0 spiro atoms. The number of nitrogens with one attached hydrogen (secondary N) is 1. The molecule has 15 heavy (non-hydrogen) atoms. The Kier molecular flexibility index (Phi) is 4.10. The molecule has 7 N–H and O–H groups in total. The minimum atomic E-state index is -1.45. The normalized spacial score (nSPS) is 16.6. The highest BCUT2D eigenvalue weighted by Crippen LogP contribution is 2.12. The van der Waals surface area contributed by atoms with E-state index in [0.717, 1.165) is 0 Å². The minimum Gasteiger partial charge on any atom is -0.423 e. The first kappa shape index (κ1) is 11.5. The average molecular weight is 208 g/mol. The van der Waals surface area contributed by atoms with Crippen molar-refractivity contribution in [3.05, 3.63) is 35.3 Å². The van der Waals surface area contributed by atoms with Crippen LogP contribution >= 0.6 is 0 Å². The lowest BCUT2D eigenvalue weighted by Gasteiger charge is -2.02. The molecule has 0 atom stereocenters. The quantitative estimate of drug-likeness (QED) is 0.125. The molecule has 0 fully saturated rings. The van der Waals surface area contributed by atoms with E-state index in [0.29, 0.717) is 23.3 Å². The van der Waals surface area contributed by atoms with Gasteiger partial charge in [0.05, 0.1) is 0 Å². The minimum absolute atomic E-state index is 0.330. The van der Waals surface area contributed by atoms with Crippen molar-refractivity contribution in [1.29, 1.82) is 0 Å². The maximum Gasteiger partial charge on any atom is 0.484 e. The number of amidine groups is 1. The fraction of sp³-hybridized carbons (Fsp3) is 0.125. The van der Waals surface area contributed by atoms with E-state index >= 15 is 0 Å². The van der Waals surface area contributed by atoms with E-state index in [4.69, 9.17) is 21.7 Å². The molecule has 0 saturated carbocycles. The molecule has 0 saturated heterocycles. The molecule has 7 heteroatoms. The summed E-state index contributed by atoms with van der Waals surface area (Å²) in [5, 5.41) is 21.4. The van der Waals surface area contributed by atoms with Crippen LogP contribution in [0.25, 0.3) is 0 Å². The molecule has 80 valence electrons. The summed E-state index contributed by atoms with van der Waals surface area (Å²) in [5.74, 6) is 10.6. The number of hydrogen-bond acceptors (Lipinski definition) is 5. The maximum absolute atomic E-state index is 8.97. The van der Waals surface area contributed by atoms with Crippen LogP contribution in [0.5, 0.6) is 0 Å². The van der Waals surface area contributed by atoms with Crippen LogP contribution in [0.2, 0.25) is 0 Å². The Hall–Kier alpha value is -1.57. The molecule has 0 unspecified atom stereocenters. The van der Waals surface area contributed by atoms with Crippen molar-refractivity contribution in [2.45, 2.75) is 6.42 Å². The molecular formula is C8H13BN4O2. The summed E-state index contributed by atoms with van der Waals surface area (Å²) in [6, 6.07) is 0. The molecule has 0 radical (unpaired) electrons. The average Bonchev–Trinajstić information content (AvgIpc) is 2.45. The summed E-state index contributed by atoms with van der Waals surface area (Å²) < 4.78 is 0. The molecule has 6 nitrogen and oxygen atoms in total. The largest absolute Gasteiger partial charge is 0.484 e. The smallest absolute Gasteiger partial charge is 0.423 e. The molecule has 0 aromatic carbocycles. The Bertz CT molecular complexity index is 347. The highest BCUT2D eigenvalue weighted by atomic mass is 16.4. The van der Waals surface area contributed by atoms with Gasteiger partial charge in [-0.2, -0.15) is 5.10 Å². The molecule has 1 aliphatic rings. The second-order valence-corrected chi connectivity index (χ2v) is 2.97. The first-order chi connectivity index (χ1) is 7.19. The van der Waals surface area contributed by atoms with Crippen LogP contribution in [0.15, 0.2) is 40.5 Å². The zero-order valence-electron chi connectivity index (χ0n) is 8.09. The number of nitrogens with zero attached hydrogens (tertiary/aromatic N) is 1. The van der Waals surface area contributed by atoms with Gasteiger partial charge in [0.15, 0.2) is 5.84 Å². The van der Waals surface area contributed by atoms with Crippen molar-refractivity contribution < 1.29 is 10.0 Å². The fourth-order valence-electron chi connectivity index (χ4n) is 1.19. The molecule has 0 aromatic heterocycles. The topological polar surface area (TPSA) is 117 Å². The summed E-state index contributed by atoms with van der Waals surface area (Å²) in [5.41, 5.74) is 3.52. The highest BCUT2D eigenvalue weighted by Gasteiger charge is 2.14. The highest BCUT2D eigenvalue weighted by molar-refractivity contribution is 6.50. The second-order valence-electron chi connectivity index (χ2n) is 2.97. The fourth-order valence-corrected chi connectivity index (χ4v) is 1.19. The molecule has 0 aromatic rings. The van der Waals surface area contributed by atoms with Gasteiger partial charge < -0.3 is 21.3 Å². The van der Waals surface area contributed by atoms with Crippen molar-refractivity contribution in [1.82, 2.24) is 5.43 Å². The van der Waals surface area contributed by atoms with E-state index in [2.05, 4.69) is 10.5 Å². The van der Waals surface area contributed by atoms with Gasteiger partial charge in [-0.25, -0.2) is 5.84 Å². The zero-order chi connectivity index (χ0) is 11.3. The molecule has 0 aliphatic heterocycles. The van der Waals surface area contributed by atoms with E-state index in [9.17, 15) is 0 Å². The lowest BCUT2D eigenvalue weighted by atomic mass is 9.77. The van der Waals surface area contributed by atoms with Crippen molar-refractivity contribution in [2.24, 2.45) is 16.8 Å². The standard InChI is InChI=1S/C8H13BN4O2/c10-12-8(13-11)6-2-1-3-7(5-4-6)9(14)15/h1-2,4-5,14-15H,3,10-11H2,(H,12,13). The van der Waals surface area contributed by atoms with E-state index in [1.54, 1.807) is 24.3 Å². The predicted octanol–water partition coefficient (Wildman–Crippen LogP) is -1.45. The second kappa shape index (κ2) is 5.35. The molecule has 0 bridgehead atoms. The number of hydrazine groups is 1. The van der Waals surface area contributed by atoms with E-state index in [1.807, 2.05) is 0 Å². The number of nitrogens with two attached hydrogens (primary N) is 2. The number of rotatable bonds is 2. The number of hydrogen-bond donors (Lipinski definition) is 5. The van der Waals surface area contributed by atoms with Crippen molar-refractivity contribution >= 4 is 13.0 Å². The molecule has 1 aliphatic carbocycles. The Balaban J connectivity index is 2.94. The van der Waals surface area contributed by atoms with Gasteiger partial charge in [0, 0.05) is 5.57 Å². The Morgan fingerprint density at radius 2 is 2.20 bits per heavy atom. The Morgan fingerprint density at radius 3 is 2.73 bits per heavy atom.